The van der Waals surface area contributed by atoms with Crippen molar-refractivity contribution in [1.82, 2.24) is 0 Å². The fourth-order valence-electron chi connectivity index (χ4n) is 2.25. The minimum absolute atomic E-state index is 0.261. The molecule has 1 aromatic carbocycles. The van der Waals surface area contributed by atoms with Crippen molar-refractivity contribution in [2.24, 2.45) is 11.7 Å². The van der Waals surface area contributed by atoms with Gasteiger partial charge in [0.25, 0.3) is 0 Å². The molecule has 0 saturated heterocycles. The Bertz CT molecular complexity index is 363. The van der Waals surface area contributed by atoms with E-state index in [2.05, 4.69) is 18.0 Å². The fourth-order valence-corrected chi connectivity index (χ4v) is 2.25. The van der Waals surface area contributed by atoms with Crippen LogP contribution in [0.25, 0.3) is 0 Å². The van der Waals surface area contributed by atoms with Gasteiger partial charge in [-0.15, -0.1) is 0 Å². The molecule has 0 bridgehead atoms. The molecule has 1 aliphatic carbocycles. The number of para-hydroxylation sites is 2. The number of benzene rings is 1. The highest BCUT2D eigenvalue weighted by Gasteiger charge is 2.24. The number of anilines is 1. The third-order valence-electron chi connectivity index (χ3n) is 3.34. The largest absolute Gasteiger partial charge is 0.495 e. The summed E-state index contributed by atoms with van der Waals surface area (Å²) >= 11 is 0. The molecule has 0 amide bonds. The number of rotatable bonds is 6. The average molecular weight is 234 g/mol. The summed E-state index contributed by atoms with van der Waals surface area (Å²) in [5.74, 6) is 1.80. The van der Waals surface area contributed by atoms with Crippen LogP contribution in [0.15, 0.2) is 24.3 Å². The zero-order chi connectivity index (χ0) is 12.3. The van der Waals surface area contributed by atoms with Gasteiger partial charge in [0.2, 0.25) is 0 Å². The van der Waals surface area contributed by atoms with Crippen molar-refractivity contribution >= 4 is 5.69 Å². The second-order valence-corrected chi connectivity index (χ2v) is 4.99. The van der Waals surface area contributed by atoms with Gasteiger partial charge in [-0.2, -0.15) is 0 Å². The lowest BCUT2D eigenvalue weighted by Crippen LogP contribution is -2.35. The number of hydrogen-bond donors (Lipinski definition) is 1. The quantitative estimate of drug-likeness (QED) is 0.820. The van der Waals surface area contributed by atoms with Gasteiger partial charge in [-0.1, -0.05) is 25.0 Å². The Morgan fingerprint density at radius 2 is 2.12 bits per heavy atom. The minimum atomic E-state index is 0.261. The summed E-state index contributed by atoms with van der Waals surface area (Å²) in [6, 6.07) is 8.33. The molecule has 0 heterocycles. The zero-order valence-electron chi connectivity index (χ0n) is 10.7. The molecule has 1 aliphatic rings. The highest BCUT2D eigenvalue weighted by Crippen LogP contribution is 2.33. The maximum atomic E-state index is 6.16. The van der Waals surface area contributed by atoms with E-state index in [9.17, 15) is 0 Å². The second kappa shape index (κ2) is 5.41. The lowest BCUT2D eigenvalue weighted by atomic mass is 10.1. The van der Waals surface area contributed by atoms with Crippen LogP contribution >= 0.6 is 0 Å². The van der Waals surface area contributed by atoms with E-state index in [-0.39, 0.29) is 6.04 Å². The number of ether oxygens (including phenoxy) is 1. The molecule has 1 unspecified atom stereocenters. The van der Waals surface area contributed by atoms with Gasteiger partial charge in [0.1, 0.15) is 5.75 Å². The Kier molecular flexibility index (Phi) is 3.89. The van der Waals surface area contributed by atoms with Crippen molar-refractivity contribution in [3.8, 4) is 5.75 Å². The molecule has 3 nitrogen and oxygen atoms in total. The monoisotopic (exact) mass is 234 g/mol. The van der Waals surface area contributed by atoms with E-state index in [4.69, 9.17) is 10.5 Å². The van der Waals surface area contributed by atoms with Crippen LogP contribution in [-0.2, 0) is 0 Å². The molecule has 0 spiro atoms. The van der Waals surface area contributed by atoms with Crippen molar-refractivity contribution in [2.75, 3.05) is 25.6 Å². The molecule has 1 atom stereocenters. The van der Waals surface area contributed by atoms with E-state index in [1.807, 2.05) is 18.2 Å². The zero-order valence-corrected chi connectivity index (χ0v) is 10.7. The highest BCUT2D eigenvalue weighted by molar-refractivity contribution is 5.57. The fraction of sp³-hybridized carbons (Fsp3) is 0.571. The first-order chi connectivity index (χ1) is 8.20. The van der Waals surface area contributed by atoms with Gasteiger partial charge in [-0.05, 0) is 24.5 Å². The molecular weight excluding hydrogens is 212 g/mol. The van der Waals surface area contributed by atoms with E-state index < -0.39 is 0 Å². The maximum absolute atomic E-state index is 6.16. The van der Waals surface area contributed by atoms with E-state index in [1.165, 1.54) is 12.8 Å². The van der Waals surface area contributed by atoms with Crippen LogP contribution in [0.2, 0.25) is 0 Å². The van der Waals surface area contributed by atoms with Gasteiger partial charge in [0, 0.05) is 19.6 Å². The third kappa shape index (κ3) is 3.37. The van der Waals surface area contributed by atoms with E-state index in [0.29, 0.717) is 0 Å². The molecule has 0 radical (unpaired) electrons. The first-order valence-electron chi connectivity index (χ1n) is 6.30. The predicted octanol–water partition coefficient (Wildman–Crippen LogP) is 2.26. The van der Waals surface area contributed by atoms with Crippen LogP contribution in [-0.4, -0.2) is 26.7 Å². The van der Waals surface area contributed by atoms with Gasteiger partial charge >= 0.3 is 0 Å². The lowest BCUT2D eigenvalue weighted by Gasteiger charge is -2.25. The van der Waals surface area contributed by atoms with Crippen molar-refractivity contribution in [3.63, 3.8) is 0 Å². The summed E-state index contributed by atoms with van der Waals surface area (Å²) in [4.78, 5) is 2.19. The Hall–Kier alpha value is -1.22. The van der Waals surface area contributed by atoms with Gasteiger partial charge < -0.3 is 15.4 Å². The maximum Gasteiger partial charge on any atom is 0.142 e. The number of hydrogen-bond acceptors (Lipinski definition) is 3. The smallest absolute Gasteiger partial charge is 0.142 e. The van der Waals surface area contributed by atoms with Crippen LogP contribution in [0, 0.1) is 5.92 Å². The third-order valence-corrected chi connectivity index (χ3v) is 3.34. The van der Waals surface area contributed by atoms with Crippen LogP contribution in [0.3, 0.4) is 0 Å². The van der Waals surface area contributed by atoms with Crippen LogP contribution < -0.4 is 15.4 Å². The van der Waals surface area contributed by atoms with E-state index >= 15 is 0 Å². The second-order valence-electron chi connectivity index (χ2n) is 4.99. The Labute approximate surface area is 104 Å². The molecule has 3 heteroatoms. The summed E-state index contributed by atoms with van der Waals surface area (Å²) in [5.41, 5.74) is 7.27. The molecule has 1 saturated carbocycles. The lowest BCUT2D eigenvalue weighted by molar-refractivity contribution is 0.414. The molecule has 94 valence electrons. The highest BCUT2D eigenvalue weighted by atomic mass is 16.5. The van der Waals surface area contributed by atoms with Gasteiger partial charge in [0.05, 0.1) is 12.8 Å². The standard InChI is InChI=1S/C14H22N2O/c1-16(10-12(15)9-11-7-8-11)13-5-3-4-6-14(13)17-2/h3-6,11-12H,7-10,15H2,1-2H3. The number of likely N-dealkylation sites (N-methyl/N-ethyl adjacent to an activating group) is 1. The predicted molar refractivity (Wildman–Crippen MR) is 71.6 cm³/mol. The van der Waals surface area contributed by atoms with Gasteiger partial charge in [0.15, 0.2) is 0 Å². The van der Waals surface area contributed by atoms with E-state index in [1.54, 1.807) is 7.11 Å². The van der Waals surface area contributed by atoms with Crippen LogP contribution in [0.1, 0.15) is 19.3 Å². The van der Waals surface area contributed by atoms with Crippen LogP contribution in [0.4, 0.5) is 5.69 Å². The van der Waals surface area contributed by atoms with Crippen molar-refractivity contribution in [2.45, 2.75) is 25.3 Å². The van der Waals surface area contributed by atoms with Crippen LogP contribution in [0.5, 0.6) is 5.75 Å². The minimum Gasteiger partial charge on any atom is -0.495 e. The Morgan fingerprint density at radius 1 is 1.41 bits per heavy atom. The first-order valence-corrected chi connectivity index (χ1v) is 6.30. The van der Waals surface area contributed by atoms with Gasteiger partial charge in [-0.25, -0.2) is 0 Å². The van der Waals surface area contributed by atoms with Crippen molar-refractivity contribution < 1.29 is 4.74 Å². The average Bonchev–Trinajstić information content (AvgIpc) is 3.12. The molecule has 0 aromatic heterocycles. The van der Waals surface area contributed by atoms with E-state index in [0.717, 1.165) is 30.3 Å². The molecule has 1 aromatic rings. The summed E-state index contributed by atoms with van der Waals surface area (Å²) in [7, 11) is 3.78. The van der Waals surface area contributed by atoms with Crippen molar-refractivity contribution in [1.29, 1.82) is 0 Å². The topological polar surface area (TPSA) is 38.5 Å². The van der Waals surface area contributed by atoms with Gasteiger partial charge in [-0.3, -0.25) is 0 Å². The summed E-state index contributed by atoms with van der Waals surface area (Å²) in [6.07, 6.45) is 3.89. The normalized spacial score (nSPS) is 16.6. The SMILES string of the molecule is COc1ccccc1N(C)CC(N)CC1CC1. The number of nitrogens with zero attached hydrogens (tertiary/aromatic N) is 1. The number of nitrogens with two attached hydrogens (primary N) is 1. The molecule has 1 fully saturated rings. The first kappa shape index (κ1) is 12.2. The Morgan fingerprint density at radius 3 is 2.76 bits per heavy atom. The molecule has 2 rings (SSSR count). The molecule has 0 aliphatic heterocycles. The molecule has 2 N–H and O–H groups in total. The number of methoxy groups -OCH3 is 1. The Balaban J connectivity index is 1.95. The molecular formula is C14H22N2O. The summed E-state index contributed by atoms with van der Waals surface area (Å²) in [5, 5.41) is 0. The molecule has 17 heavy (non-hydrogen) atoms. The van der Waals surface area contributed by atoms with Crippen molar-refractivity contribution in [3.05, 3.63) is 24.3 Å². The summed E-state index contributed by atoms with van der Waals surface area (Å²) < 4.78 is 5.36. The summed E-state index contributed by atoms with van der Waals surface area (Å²) in [6.45, 7) is 0.886.